The second kappa shape index (κ2) is 13.7. The van der Waals surface area contributed by atoms with Crippen LogP contribution in [0.1, 0.15) is 22.3 Å². The van der Waals surface area contributed by atoms with Gasteiger partial charge in [-0.05, 0) is 72.5 Å². The zero-order valence-electron chi connectivity index (χ0n) is 20.0. The summed E-state index contributed by atoms with van der Waals surface area (Å²) in [6.45, 7) is 3.92. The maximum Gasteiger partial charge on any atom is 0.229 e. The first-order valence-electron chi connectivity index (χ1n) is 11.2. The van der Waals surface area contributed by atoms with Gasteiger partial charge in [0.25, 0.3) is 0 Å². The summed E-state index contributed by atoms with van der Waals surface area (Å²) in [5.41, 5.74) is 4.09. The molecule has 0 aliphatic rings. The van der Waals surface area contributed by atoms with Gasteiger partial charge in [0, 0.05) is 21.3 Å². The Morgan fingerprint density at radius 2 is 0.972 bits per heavy atom. The normalized spacial score (nSPS) is 10.1. The number of nitrogens with zero attached hydrogens (tertiary/aromatic N) is 2. The Hall–Kier alpha value is -3.36. The van der Waals surface area contributed by atoms with Crippen LogP contribution in [0.15, 0.2) is 94.1 Å². The molecule has 0 atom stereocenters. The average molecular weight is 610 g/mol. The average Bonchev–Trinajstić information content (AvgIpc) is 2.85. The Bertz CT molecular complexity index is 1070. The largest absolute Gasteiger partial charge is 0.310 e. The number of aromatic nitrogens is 2. The quantitative estimate of drug-likeness (QED) is 0.256. The summed E-state index contributed by atoms with van der Waals surface area (Å²) in [5, 5.41) is 5.54. The number of benzene rings is 2. The lowest BCUT2D eigenvalue weighted by atomic mass is 10.1. The Balaban J connectivity index is 0.000000201. The topological polar surface area (TPSA) is 84.0 Å². The van der Waals surface area contributed by atoms with Crippen molar-refractivity contribution in [1.29, 1.82) is 0 Å². The van der Waals surface area contributed by atoms with E-state index in [0.29, 0.717) is 24.5 Å². The molecule has 0 radical (unpaired) electrons. The van der Waals surface area contributed by atoms with Crippen LogP contribution >= 0.6 is 31.9 Å². The lowest BCUT2D eigenvalue weighted by Crippen LogP contribution is -2.15. The lowest BCUT2D eigenvalue weighted by Gasteiger charge is -2.04. The summed E-state index contributed by atoms with van der Waals surface area (Å²) in [6.07, 6.45) is 4.16. The Kier molecular flexibility index (Phi) is 10.3. The molecule has 0 bridgehead atoms. The number of nitrogens with one attached hydrogen (secondary N) is 2. The molecule has 0 aliphatic heterocycles. The predicted molar refractivity (Wildman–Crippen MR) is 151 cm³/mol. The second-order valence-corrected chi connectivity index (χ2v) is 9.98. The van der Waals surface area contributed by atoms with Gasteiger partial charge in [0.2, 0.25) is 11.8 Å². The van der Waals surface area contributed by atoms with Crippen molar-refractivity contribution in [3.8, 4) is 0 Å². The first-order valence-corrected chi connectivity index (χ1v) is 12.8. The molecule has 2 aromatic heterocycles. The number of anilines is 2. The molecular formula is C28H26Br2N4O2. The fourth-order valence-corrected chi connectivity index (χ4v) is 3.56. The van der Waals surface area contributed by atoms with E-state index in [1.165, 1.54) is 0 Å². The third-order valence-corrected chi connectivity index (χ3v) is 5.97. The molecule has 0 fully saturated rings. The highest BCUT2D eigenvalue weighted by molar-refractivity contribution is 9.10. The van der Waals surface area contributed by atoms with Crippen molar-refractivity contribution in [3.63, 3.8) is 0 Å². The van der Waals surface area contributed by atoms with Gasteiger partial charge in [0.15, 0.2) is 0 Å². The van der Waals surface area contributed by atoms with Crippen LogP contribution in [0.3, 0.4) is 0 Å². The minimum Gasteiger partial charge on any atom is -0.310 e. The second-order valence-electron chi connectivity index (χ2n) is 8.14. The first-order chi connectivity index (χ1) is 17.3. The number of amides is 2. The minimum absolute atomic E-state index is 0.0614. The number of rotatable bonds is 6. The van der Waals surface area contributed by atoms with E-state index in [4.69, 9.17) is 0 Å². The van der Waals surface area contributed by atoms with Crippen molar-refractivity contribution in [2.75, 3.05) is 10.6 Å². The summed E-state index contributed by atoms with van der Waals surface area (Å²) < 4.78 is 2.01. The van der Waals surface area contributed by atoms with E-state index in [9.17, 15) is 9.59 Å². The molecule has 4 rings (SSSR count). The molecule has 8 heteroatoms. The Labute approximate surface area is 227 Å². The molecule has 0 saturated heterocycles. The van der Waals surface area contributed by atoms with E-state index < -0.39 is 0 Å². The van der Waals surface area contributed by atoms with E-state index in [1.807, 2.05) is 74.5 Å². The number of aryl methyl sites for hydroxylation is 2. The van der Waals surface area contributed by atoms with Gasteiger partial charge in [-0.25, -0.2) is 9.97 Å². The highest BCUT2D eigenvalue weighted by Crippen LogP contribution is 2.13. The SMILES string of the molecule is Cc1ccc(NC(=O)Cc2ccc(Br)cc2)nc1.Cc1ccc(NC(=O)Cc2ccc(Br)cc2)nc1. The molecule has 0 saturated carbocycles. The van der Waals surface area contributed by atoms with Crippen LogP contribution in [0, 0.1) is 13.8 Å². The molecule has 0 unspecified atom stereocenters. The number of hydrogen-bond donors (Lipinski definition) is 2. The van der Waals surface area contributed by atoms with Gasteiger partial charge >= 0.3 is 0 Å². The minimum atomic E-state index is -0.0614. The summed E-state index contributed by atoms with van der Waals surface area (Å²) in [4.78, 5) is 31.8. The molecule has 0 spiro atoms. The number of hydrogen-bond acceptors (Lipinski definition) is 4. The van der Waals surface area contributed by atoms with Gasteiger partial charge in [0.05, 0.1) is 12.8 Å². The molecule has 36 heavy (non-hydrogen) atoms. The van der Waals surface area contributed by atoms with Crippen LogP contribution < -0.4 is 10.6 Å². The van der Waals surface area contributed by atoms with Crippen LogP contribution in [-0.2, 0) is 22.4 Å². The number of halogens is 2. The highest BCUT2D eigenvalue weighted by Gasteiger charge is 2.05. The summed E-state index contributed by atoms with van der Waals surface area (Å²) in [6, 6.07) is 22.8. The number of carbonyl (C=O) groups excluding carboxylic acids is 2. The molecule has 2 N–H and O–H groups in total. The summed E-state index contributed by atoms with van der Waals surface area (Å²) in [7, 11) is 0. The van der Waals surface area contributed by atoms with Crippen LogP contribution in [0.4, 0.5) is 11.6 Å². The number of pyridine rings is 2. The van der Waals surface area contributed by atoms with Gasteiger partial charge in [-0.15, -0.1) is 0 Å². The molecule has 2 amide bonds. The van der Waals surface area contributed by atoms with Crippen LogP contribution in [-0.4, -0.2) is 21.8 Å². The van der Waals surface area contributed by atoms with Gasteiger partial charge in [-0.1, -0.05) is 68.3 Å². The highest BCUT2D eigenvalue weighted by atomic mass is 79.9. The molecule has 4 aromatic rings. The van der Waals surface area contributed by atoms with Crippen molar-refractivity contribution in [2.45, 2.75) is 26.7 Å². The van der Waals surface area contributed by atoms with E-state index in [-0.39, 0.29) is 11.8 Å². The van der Waals surface area contributed by atoms with Gasteiger partial charge in [0.1, 0.15) is 11.6 Å². The molecular weight excluding hydrogens is 584 g/mol. The lowest BCUT2D eigenvalue weighted by molar-refractivity contribution is -0.116. The maximum atomic E-state index is 11.8. The molecule has 0 aliphatic carbocycles. The fourth-order valence-electron chi connectivity index (χ4n) is 3.03. The standard InChI is InChI=1S/2C14H13BrN2O/c2*1-10-2-7-13(16-9-10)17-14(18)8-11-3-5-12(15)6-4-11/h2*2-7,9H,8H2,1H3,(H,16,17,18). The Morgan fingerprint density at radius 3 is 1.28 bits per heavy atom. The van der Waals surface area contributed by atoms with Gasteiger partial charge in [-0.2, -0.15) is 0 Å². The van der Waals surface area contributed by atoms with Crippen LogP contribution in [0.2, 0.25) is 0 Å². The first kappa shape index (κ1) is 27.2. The smallest absolute Gasteiger partial charge is 0.229 e. The predicted octanol–water partition coefficient (Wildman–Crippen LogP) is 6.67. The van der Waals surface area contributed by atoms with Crippen molar-refractivity contribution in [2.24, 2.45) is 0 Å². The summed E-state index contributed by atoms with van der Waals surface area (Å²) >= 11 is 6.72. The molecule has 6 nitrogen and oxygen atoms in total. The molecule has 2 heterocycles. The van der Waals surface area contributed by atoms with Crippen molar-refractivity contribution < 1.29 is 9.59 Å². The van der Waals surface area contributed by atoms with E-state index in [0.717, 1.165) is 31.2 Å². The third-order valence-electron chi connectivity index (χ3n) is 4.91. The zero-order valence-corrected chi connectivity index (χ0v) is 23.1. The molecule has 184 valence electrons. The number of carbonyl (C=O) groups is 2. The van der Waals surface area contributed by atoms with Crippen LogP contribution in [0.25, 0.3) is 0 Å². The zero-order chi connectivity index (χ0) is 25.9. The van der Waals surface area contributed by atoms with Gasteiger partial charge in [-0.3, -0.25) is 9.59 Å². The fraction of sp³-hybridized carbons (Fsp3) is 0.143. The van der Waals surface area contributed by atoms with Gasteiger partial charge < -0.3 is 10.6 Å². The maximum absolute atomic E-state index is 11.8. The van der Waals surface area contributed by atoms with Crippen molar-refractivity contribution in [3.05, 3.63) is 116 Å². The van der Waals surface area contributed by atoms with E-state index >= 15 is 0 Å². The van der Waals surface area contributed by atoms with E-state index in [1.54, 1.807) is 24.5 Å². The summed E-state index contributed by atoms with van der Waals surface area (Å²) in [5.74, 6) is 1.05. The monoisotopic (exact) mass is 608 g/mol. The van der Waals surface area contributed by atoms with E-state index in [2.05, 4.69) is 52.5 Å². The molecule has 2 aromatic carbocycles. The Morgan fingerprint density at radius 1 is 0.611 bits per heavy atom. The van der Waals surface area contributed by atoms with Crippen molar-refractivity contribution >= 4 is 55.3 Å². The third kappa shape index (κ3) is 9.71. The van der Waals surface area contributed by atoms with Crippen molar-refractivity contribution in [1.82, 2.24) is 9.97 Å². The van der Waals surface area contributed by atoms with Crippen LogP contribution in [0.5, 0.6) is 0 Å².